The summed E-state index contributed by atoms with van der Waals surface area (Å²) in [5.41, 5.74) is 2.45. The molecule has 2 heterocycles. The smallest absolute Gasteiger partial charge is 0.302 e. The van der Waals surface area contributed by atoms with E-state index in [2.05, 4.69) is 10.1 Å². The van der Waals surface area contributed by atoms with Crippen molar-refractivity contribution in [1.29, 1.82) is 0 Å². The molecule has 0 saturated carbocycles. The van der Waals surface area contributed by atoms with Gasteiger partial charge in [-0.25, -0.2) is 9.88 Å². The highest BCUT2D eigenvalue weighted by Crippen LogP contribution is 2.31. The molecular formula is C20H16N4O4. The fourth-order valence-electron chi connectivity index (χ4n) is 3.24. The Kier molecular flexibility index (Phi) is 4.03. The van der Waals surface area contributed by atoms with Crippen molar-refractivity contribution < 1.29 is 18.8 Å². The molecule has 140 valence electrons. The third-order valence-electron chi connectivity index (χ3n) is 4.67. The van der Waals surface area contributed by atoms with E-state index in [0.29, 0.717) is 22.4 Å². The van der Waals surface area contributed by atoms with Gasteiger partial charge < -0.3 is 10.3 Å². The molecule has 1 aromatic heterocycles. The summed E-state index contributed by atoms with van der Waals surface area (Å²) in [6.07, 6.45) is 0. The summed E-state index contributed by atoms with van der Waals surface area (Å²) < 4.78 is 5.60. The number of fused-ring (bicyclic) bond motifs is 1. The Labute approximate surface area is 159 Å². The zero-order chi connectivity index (χ0) is 20.0. The summed E-state index contributed by atoms with van der Waals surface area (Å²) in [6.45, 7) is 3.56. The van der Waals surface area contributed by atoms with E-state index in [4.69, 9.17) is 10.3 Å². The Morgan fingerprint density at radius 3 is 2.54 bits per heavy atom. The van der Waals surface area contributed by atoms with Crippen molar-refractivity contribution in [2.24, 2.45) is 10.9 Å². The van der Waals surface area contributed by atoms with Crippen molar-refractivity contribution >= 4 is 40.1 Å². The van der Waals surface area contributed by atoms with Crippen LogP contribution in [0.25, 0.3) is 11.1 Å². The molecule has 0 spiro atoms. The van der Waals surface area contributed by atoms with Crippen LogP contribution in [0.15, 0.2) is 52.0 Å². The van der Waals surface area contributed by atoms with E-state index >= 15 is 0 Å². The number of ketones is 1. The normalized spacial score (nSPS) is 19.1. The lowest BCUT2D eigenvalue weighted by Crippen LogP contribution is -2.55. The average Bonchev–Trinajstić information content (AvgIpc) is 3.10. The SMILES string of the molecule is Cc1ccc(C)c(N2C(=O)C(=O)C(c3nc4ccccc4o3)/C(=N\N)C2=O)c1. The zero-order valence-corrected chi connectivity index (χ0v) is 15.2. The standard InChI is InChI=1S/C20H16N4O4/c1-10-7-8-11(2)13(9-10)24-19(26)16(23-21)15(17(25)20(24)27)18-22-12-5-3-4-6-14(12)28-18/h3-9,15H,21H2,1-2H3/b23-16+. The molecule has 0 bridgehead atoms. The van der Waals surface area contributed by atoms with Crippen LogP contribution in [0.4, 0.5) is 5.69 Å². The van der Waals surface area contributed by atoms with Gasteiger partial charge in [-0.15, -0.1) is 0 Å². The van der Waals surface area contributed by atoms with Gasteiger partial charge in [0, 0.05) is 0 Å². The number of rotatable bonds is 2. The van der Waals surface area contributed by atoms with Crippen LogP contribution in [-0.4, -0.2) is 28.3 Å². The number of aryl methyl sites for hydroxylation is 2. The molecule has 3 aromatic rings. The summed E-state index contributed by atoms with van der Waals surface area (Å²) in [5.74, 6) is 1.35. The molecule has 2 N–H and O–H groups in total. The molecule has 1 saturated heterocycles. The van der Waals surface area contributed by atoms with Crippen LogP contribution in [0.5, 0.6) is 0 Å². The van der Waals surface area contributed by atoms with E-state index in [1.54, 1.807) is 43.3 Å². The number of nitrogens with zero attached hydrogens (tertiary/aromatic N) is 3. The van der Waals surface area contributed by atoms with Crippen LogP contribution in [0, 0.1) is 13.8 Å². The van der Waals surface area contributed by atoms with Crippen LogP contribution in [-0.2, 0) is 14.4 Å². The van der Waals surface area contributed by atoms with Gasteiger partial charge in [-0.3, -0.25) is 14.4 Å². The topological polar surface area (TPSA) is 119 Å². The number of anilines is 1. The monoisotopic (exact) mass is 376 g/mol. The zero-order valence-electron chi connectivity index (χ0n) is 15.2. The number of benzene rings is 2. The molecule has 1 aliphatic rings. The second-order valence-electron chi connectivity index (χ2n) is 6.57. The number of carbonyl (C=O) groups excluding carboxylic acids is 3. The fraction of sp³-hybridized carbons (Fsp3) is 0.150. The molecule has 8 heteroatoms. The Balaban J connectivity index is 1.83. The van der Waals surface area contributed by atoms with Gasteiger partial charge in [0.2, 0.25) is 11.7 Å². The van der Waals surface area contributed by atoms with Gasteiger partial charge in [0.05, 0.1) is 5.69 Å². The van der Waals surface area contributed by atoms with Crippen LogP contribution < -0.4 is 10.7 Å². The number of para-hydroxylation sites is 2. The first-order valence-corrected chi connectivity index (χ1v) is 8.55. The Bertz CT molecular complexity index is 1140. The highest BCUT2D eigenvalue weighted by Gasteiger charge is 2.49. The maximum atomic E-state index is 13.0. The number of hydrazone groups is 1. The van der Waals surface area contributed by atoms with Crippen molar-refractivity contribution in [3.05, 3.63) is 59.5 Å². The highest BCUT2D eigenvalue weighted by atomic mass is 16.3. The highest BCUT2D eigenvalue weighted by molar-refractivity contribution is 6.67. The van der Waals surface area contributed by atoms with E-state index in [1.807, 2.05) is 13.0 Å². The molecule has 1 aliphatic heterocycles. The fourth-order valence-corrected chi connectivity index (χ4v) is 3.24. The van der Waals surface area contributed by atoms with Crippen LogP contribution in [0.2, 0.25) is 0 Å². The van der Waals surface area contributed by atoms with E-state index in [9.17, 15) is 14.4 Å². The lowest BCUT2D eigenvalue weighted by atomic mass is 9.91. The lowest BCUT2D eigenvalue weighted by Gasteiger charge is -2.29. The second kappa shape index (κ2) is 6.41. The molecular weight excluding hydrogens is 360 g/mol. The number of aromatic nitrogens is 1. The minimum Gasteiger partial charge on any atom is -0.439 e. The summed E-state index contributed by atoms with van der Waals surface area (Å²) >= 11 is 0. The Morgan fingerprint density at radius 1 is 1.07 bits per heavy atom. The second-order valence-corrected chi connectivity index (χ2v) is 6.57. The van der Waals surface area contributed by atoms with Gasteiger partial charge in [0.25, 0.3) is 5.91 Å². The van der Waals surface area contributed by atoms with Gasteiger partial charge in [0.15, 0.2) is 11.5 Å². The summed E-state index contributed by atoms with van der Waals surface area (Å²) in [6, 6.07) is 12.1. The predicted molar refractivity (Wildman–Crippen MR) is 102 cm³/mol. The first-order valence-electron chi connectivity index (χ1n) is 8.55. The van der Waals surface area contributed by atoms with Gasteiger partial charge >= 0.3 is 5.91 Å². The Morgan fingerprint density at radius 2 is 1.82 bits per heavy atom. The van der Waals surface area contributed by atoms with Crippen LogP contribution in [0.3, 0.4) is 0 Å². The van der Waals surface area contributed by atoms with Gasteiger partial charge in [-0.2, -0.15) is 5.10 Å². The molecule has 1 fully saturated rings. The number of carbonyl (C=O) groups is 3. The van der Waals surface area contributed by atoms with Crippen molar-refractivity contribution in [2.75, 3.05) is 4.90 Å². The average molecular weight is 376 g/mol. The quantitative estimate of drug-likeness (QED) is 0.316. The largest absolute Gasteiger partial charge is 0.439 e. The Hall–Kier alpha value is -3.81. The van der Waals surface area contributed by atoms with E-state index in [0.717, 1.165) is 10.5 Å². The molecule has 1 unspecified atom stereocenters. The molecule has 8 nitrogen and oxygen atoms in total. The number of oxazole rings is 1. The van der Waals surface area contributed by atoms with Gasteiger partial charge in [-0.05, 0) is 43.2 Å². The summed E-state index contributed by atoms with van der Waals surface area (Å²) in [4.78, 5) is 43.9. The first-order chi connectivity index (χ1) is 13.4. The van der Waals surface area contributed by atoms with Crippen LogP contribution >= 0.6 is 0 Å². The number of Topliss-reactive ketones (excluding diaryl/α,β-unsaturated/α-hetero) is 1. The third-order valence-corrected chi connectivity index (χ3v) is 4.67. The number of amides is 2. The number of hydrogen-bond donors (Lipinski definition) is 1. The maximum absolute atomic E-state index is 13.0. The van der Waals surface area contributed by atoms with Crippen molar-refractivity contribution in [2.45, 2.75) is 19.8 Å². The maximum Gasteiger partial charge on any atom is 0.302 e. The number of nitrogens with two attached hydrogens (primary N) is 1. The van der Waals surface area contributed by atoms with E-state index in [1.165, 1.54) is 0 Å². The van der Waals surface area contributed by atoms with E-state index < -0.39 is 23.5 Å². The summed E-state index contributed by atoms with van der Waals surface area (Å²) in [7, 11) is 0. The number of hydrogen-bond acceptors (Lipinski definition) is 7. The van der Waals surface area contributed by atoms with Gasteiger partial charge in [-0.1, -0.05) is 24.3 Å². The molecule has 2 aromatic carbocycles. The first kappa shape index (κ1) is 17.6. The van der Waals surface area contributed by atoms with E-state index in [-0.39, 0.29) is 11.6 Å². The predicted octanol–water partition coefficient (Wildman–Crippen LogP) is 1.99. The molecule has 4 rings (SSSR count). The van der Waals surface area contributed by atoms with Crippen molar-refractivity contribution in [3.63, 3.8) is 0 Å². The van der Waals surface area contributed by atoms with Gasteiger partial charge in [0.1, 0.15) is 11.2 Å². The third kappa shape index (κ3) is 2.58. The summed E-state index contributed by atoms with van der Waals surface area (Å²) in [5, 5.41) is 3.52. The van der Waals surface area contributed by atoms with Crippen molar-refractivity contribution in [1.82, 2.24) is 4.98 Å². The molecule has 28 heavy (non-hydrogen) atoms. The molecule has 0 radical (unpaired) electrons. The van der Waals surface area contributed by atoms with Crippen LogP contribution in [0.1, 0.15) is 22.9 Å². The van der Waals surface area contributed by atoms with Crippen molar-refractivity contribution in [3.8, 4) is 0 Å². The minimum atomic E-state index is -1.38. The molecule has 0 aliphatic carbocycles. The molecule has 1 atom stereocenters. The number of imide groups is 1. The lowest BCUT2D eigenvalue weighted by molar-refractivity contribution is -0.139. The molecule has 2 amide bonds. The minimum absolute atomic E-state index is 0.0854. The number of piperidine rings is 1.